The Hall–Kier alpha value is -4.73. The highest BCUT2D eigenvalue weighted by Crippen LogP contribution is 2.32. The van der Waals surface area contributed by atoms with Crippen molar-refractivity contribution >= 4 is 34.1 Å². The van der Waals surface area contributed by atoms with Crippen molar-refractivity contribution in [2.45, 2.75) is 6.54 Å². The minimum Gasteiger partial charge on any atom is -0.454 e. The zero-order valence-corrected chi connectivity index (χ0v) is 17.6. The molecule has 0 fully saturated rings. The molecule has 3 aromatic carbocycles. The maximum atomic E-state index is 14.3. The van der Waals surface area contributed by atoms with Crippen molar-refractivity contribution in [3.8, 4) is 11.5 Å². The van der Waals surface area contributed by atoms with E-state index in [0.29, 0.717) is 28.0 Å². The molecule has 0 saturated carbocycles. The second-order valence-corrected chi connectivity index (χ2v) is 7.46. The van der Waals surface area contributed by atoms with E-state index in [0.717, 1.165) is 10.6 Å². The first-order valence-electron chi connectivity index (χ1n) is 10.2. The Morgan fingerprint density at radius 3 is 2.71 bits per heavy atom. The molecule has 4 aromatic rings. The van der Waals surface area contributed by atoms with E-state index in [1.54, 1.807) is 42.5 Å². The molecule has 2 N–H and O–H groups in total. The quantitative estimate of drug-likeness (QED) is 0.473. The number of hydrogen-bond donors (Lipinski definition) is 2. The molecule has 0 bridgehead atoms. The molecule has 10 heteroatoms. The number of anilines is 2. The number of nitrogens with zero attached hydrogens (tertiary/aromatic N) is 2. The van der Waals surface area contributed by atoms with Crippen LogP contribution in [0.4, 0.5) is 15.8 Å². The Bertz CT molecular complexity index is 1500. The van der Waals surface area contributed by atoms with Gasteiger partial charge in [0.05, 0.1) is 22.9 Å². The lowest BCUT2D eigenvalue weighted by Crippen LogP contribution is -2.28. The average molecular weight is 460 g/mol. The Morgan fingerprint density at radius 1 is 1.00 bits per heavy atom. The van der Waals surface area contributed by atoms with Gasteiger partial charge in [0.15, 0.2) is 11.5 Å². The summed E-state index contributed by atoms with van der Waals surface area (Å²) in [5.41, 5.74) is 0.577. The summed E-state index contributed by atoms with van der Waals surface area (Å²) >= 11 is 0. The molecular weight excluding hydrogens is 443 g/mol. The van der Waals surface area contributed by atoms with Gasteiger partial charge in [0.25, 0.3) is 11.5 Å². The third-order valence-corrected chi connectivity index (χ3v) is 5.18. The molecule has 34 heavy (non-hydrogen) atoms. The zero-order valence-electron chi connectivity index (χ0n) is 17.6. The van der Waals surface area contributed by atoms with Gasteiger partial charge in [0.2, 0.25) is 12.7 Å². The first kappa shape index (κ1) is 21.1. The molecule has 0 unspecified atom stereocenters. The third kappa shape index (κ3) is 4.16. The lowest BCUT2D eigenvalue weighted by Gasteiger charge is -2.11. The molecule has 2 amide bonds. The molecule has 1 aromatic heterocycles. The summed E-state index contributed by atoms with van der Waals surface area (Å²) in [6.45, 7) is -0.271. The number of fused-ring (bicyclic) bond motifs is 2. The Kier molecular flexibility index (Phi) is 5.38. The van der Waals surface area contributed by atoms with E-state index in [2.05, 4.69) is 15.6 Å². The minimum absolute atomic E-state index is 0.0861. The van der Waals surface area contributed by atoms with Crippen molar-refractivity contribution in [1.29, 1.82) is 0 Å². The van der Waals surface area contributed by atoms with E-state index in [-0.39, 0.29) is 30.3 Å². The standard InChI is InChI=1S/C24H17FN4O5/c25-17-7-6-15(27-23(31)14-5-8-20-21(9-14)34-13-33-20)10-19(17)28-22(30)11-29-12-26-18-4-2-1-3-16(18)24(29)32/h1-10,12H,11,13H2,(H,27,31)(H,28,30). The lowest BCUT2D eigenvalue weighted by atomic mass is 10.2. The summed E-state index contributed by atoms with van der Waals surface area (Å²) in [7, 11) is 0. The number of nitrogens with one attached hydrogen (secondary N) is 2. The number of carbonyl (C=O) groups excluding carboxylic acids is 2. The zero-order chi connectivity index (χ0) is 23.7. The van der Waals surface area contributed by atoms with E-state index in [1.807, 2.05) is 0 Å². The molecule has 9 nitrogen and oxygen atoms in total. The van der Waals surface area contributed by atoms with Gasteiger partial charge in [0, 0.05) is 11.3 Å². The smallest absolute Gasteiger partial charge is 0.261 e. The Labute approximate surface area is 191 Å². The highest BCUT2D eigenvalue weighted by Gasteiger charge is 2.17. The van der Waals surface area contributed by atoms with Gasteiger partial charge in [0.1, 0.15) is 12.4 Å². The molecule has 0 radical (unpaired) electrons. The van der Waals surface area contributed by atoms with Gasteiger partial charge in [-0.25, -0.2) is 9.37 Å². The number of hydrogen-bond acceptors (Lipinski definition) is 6. The van der Waals surface area contributed by atoms with Crippen molar-refractivity contribution in [2.75, 3.05) is 17.4 Å². The fourth-order valence-electron chi connectivity index (χ4n) is 3.50. The van der Waals surface area contributed by atoms with Crippen molar-refractivity contribution in [2.24, 2.45) is 0 Å². The van der Waals surface area contributed by atoms with Crippen molar-refractivity contribution in [3.63, 3.8) is 0 Å². The molecular formula is C24H17FN4O5. The van der Waals surface area contributed by atoms with Crippen LogP contribution >= 0.6 is 0 Å². The van der Waals surface area contributed by atoms with E-state index in [9.17, 15) is 18.8 Å². The van der Waals surface area contributed by atoms with Gasteiger partial charge in [-0.05, 0) is 48.5 Å². The van der Waals surface area contributed by atoms with E-state index in [1.165, 1.54) is 18.5 Å². The molecule has 0 saturated heterocycles. The van der Waals surface area contributed by atoms with Crippen LogP contribution in [0.1, 0.15) is 10.4 Å². The summed E-state index contributed by atoms with van der Waals surface area (Å²) < 4.78 is 26.0. The van der Waals surface area contributed by atoms with Crippen LogP contribution in [0.15, 0.2) is 71.8 Å². The van der Waals surface area contributed by atoms with Crippen LogP contribution in [-0.4, -0.2) is 28.2 Å². The van der Waals surface area contributed by atoms with Gasteiger partial charge in [-0.2, -0.15) is 0 Å². The molecule has 5 rings (SSSR count). The van der Waals surface area contributed by atoms with Gasteiger partial charge >= 0.3 is 0 Å². The molecule has 0 aliphatic carbocycles. The van der Waals surface area contributed by atoms with Crippen LogP contribution < -0.4 is 25.7 Å². The summed E-state index contributed by atoms with van der Waals surface area (Å²) in [5, 5.41) is 5.46. The largest absolute Gasteiger partial charge is 0.454 e. The van der Waals surface area contributed by atoms with Crippen LogP contribution in [0.3, 0.4) is 0 Å². The second kappa shape index (κ2) is 8.66. The van der Waals surface area contributed by atoms with E-state index < -0.39 is 17.6 Å². The lowest BCUT2D eigenvalue weighted by molar-refractivity contribution is -0.116. The summed E-state index contributed by atoms with van der Waals surface area (Å²) in [6, 6.07) is 15.3. The van der Waals surface area contributed by atoms with Crippen molar-refractivity contribution in [1.82, 2.24) is 9.55 Å². The SMILES string of the molecule is O=C(Cn1cnc2ccccc2c1=O)Nc1cc(NC(=O)c2ccc3c(c2)OCO3)ccc1F. The minimum atomic E-state index is -0.696. The molecule has 170 valence electrons. The normalized spacial score (nSPS) is 11.9. The van der Waals surface area contributed by atoms with Gasteiger partial charge in [-0.1, -0.05) is 12.1 Å². The second-order valence-electron chi connectivity index (χ2n) is 7.46. The van der Waals surface area contributed by atoms with E-state index >= 15 is 0 Å². The van der Waals surface area contributed by atoms with Gasteiger partial charge in [-0.15, -0.1) is 0 Å². The fourth-order valence-corrected chi connectivity index (χ4v) is 3.50. The van der Waals surface area contributed by atoms with Crippen LogP contribution in [0.25, 0.3) is 10.9 Å². The molecule has 0 spiro atoms. The van der Waals surface area contributed by atoms with Gasteiger partial charge < -0.3 is 20.1 Å². The monoisotopic (exact) mass is 460 g/mol. The molecule has 1 aliphatic rings. The van der Waals surface area contributed by atoms with E-state index in [4.69, 9.17) is 9.47 Å². The molecule has 0 atom stereocenters. The predicted molar refractivity (Wildman–Crippen MR) is 122 cm³/mol. The number of para-hydroxylation sites is 1. The van der Waals surface area contributed by atoms with Crippen molar-refractivity contribution < 1.29 is 23.5 Å². The number of aromatic nitrogens is 2. The highest BCUT2D eigenvalue weighted by atomic mass is 19.1. The fraction of sp³-hybridized carbons (Fsp3) is 0.0833. The molecule has 2 heterocycles. The number of halogens is 1. The first-order valence-corrected chi connectivity index (χ1v) is 10.2. The summed E-state index contributed by atoms with van der Waals surface area (Å²) in [6.07, 6.45) is 1.27. The number of amides is 2. The highest BCUT2D eigenvalue weighted by molar-refractivity contribution is 6.05. The van der Waals surface area contributed by atoms with Crippen LogP contribution in [-0.2, 0) is 11.3 Å². The predicted octanol–water partition coefficient (Wildman–Crippen LogP) is 3.16. The maximum Gasteiger partial charge on any atom is 0.261 e. The number of carbonyl (C=O) groups is 2. The average Bonchev–Trinajstić information content (AvgIpc) is 3.31. The maximum absolute atomic E-state index is 14.3. The van der Waals surface area contributed by atoms with Gasteiger partial charge in [-0.3, -0.25) is 19.0 Å². The number of benzene rings is 3. The Balaban J connectivity index is 1.30. The number of ether oxygens (including phenoxy) is 2. The van der Waals surface area contributed by atoms with Crippen LogP contribution in [0.5, 0.6) is 11.5 Å². The third-order valence-electron chi connectivity index (χ3n) is 5.18. The Morgan fingerprint density at radius 2 is 1.82 bits per heavy atom. The molecule has 1 aliphatic heterocycles. The van der Waals surface area contributed by atoms with Crippen molar-refractivity contribution in [3.05, 3.63) is 88.7 Å². The van der Waals surface area contributed by atoms with Crippen LogP contribution in [0.2, 0.25) is 0 Å². The van der Waals surface area contributed by atoms with Crippen LogP contribution in [0, 0.1) is 5.82 Å². The summed E-state index contributed by atoms with van der Waals surface area (Å²) in [4.78, 5) is 41.8. The topological polar surface area (TPSA) is 112 Å². The first-order chi connectivity index (χ1) is 16.5. The summed E-state index contributed by atoms with van der Waals surface area (Å²) in [5.74, 6) is -0.770. The number of rotatable bonds is 5.